The minimum absolute atomic E-state index is 0.0299. The van der Waals surface area contributed by atoms with Gasteiger partial charge in [0.15, 0.2) is 0 Å². The van der Waals surface area contributed by atoms with E-state index < -0.39 is 11.7 Å². The lowest BCUT2D eigenvalue weighted by Gasteiger charge is -2.31. The minimum Gasteiger partial charge on any atom is -0.375 e. The second-order valence-corrected chi connectivity index (χ2v) is 5.79. The Morgan fingerprint density at radius 3 is 2.70 bits per heavy atom. The summed E-state index contributed by atoms with van der Waals surface area (Å²) in [6.07, 6.45) is -4.45. The predicted octanol–water partition coefficient (Wildman–Crippen LogP) is 3.17. The lowest BCUT2D eigenvalue weighted by molar-refractivity contribution is -0.138. The Morgan fingerprint density at radius 2 is 2.15 bits per heavy atom. The third-order valence-corrected chi connectivity index (χ3v) is 3.94. The summed E-state index contributed by atoms with van der Waals surface area (Å²) in [5.41, 5.74) is -0.443. The van der Waals surface area contributed by atoms with Crippen LogP contribution in [0, 0.1) is 3.57 Å². The Morgan fingerprint density at radius 1 is 1.45 bits per heavy atom. The number of ether oxygens (including phenoxy) is 1. The van der Waals surface area contributed by atoms with Gasteiger partial charge in [-0.2, -0.15) is 13.2 Å². The van der Waals surface area contributed by atoms with Crippen LogP contribution in [0.5, 0.6) is 0 Å². The molecule has 7 heteroatoms. The maximum absolute atomic E-state index is 12.7. The highest BCUT2D eigenvalue weighted by Gasteiger charge is 2.33. The summed E-state index contributed by atoms with van der Waals surface area (Å²) >= 11 is 1.60. The number of carbonyl (C=O) groups is 1. The van der Waals surface area contributed by atoms with Gasteiger partial charge in [0.05, 0.1) is 18.3 Å². The third-order valence-electron chi connectivity index (χ3n) is 3.05. The normalized spacial score (nSPS) is 20.1. The SMILES string of the molecule is C[C@H]1CN(C(=O)c2ccc(C(F)(F)F)c(I)c2)CCO1. The Labute approximate surface area is 128 Å². The van der Waals surface area contributed by atoms with Crippen molar-refractivity contribution in [3.8, 4) is 0 Å². The van der Waals surface area contributed by atoms with Gasteiger partial charge >= 0.3 is 6.18 Å². The Hall–Kier alpha value is -0.830. The number of hydrogen-bond donors (Lipinski definition) is 0. The van der Waals surface area contributed by atoms with Crippen LogP contribution in [-0.4, -0.2) is 36.6 Å². The van der Waals surface area contributed by atoms with Crippen LogP contribution in [0.25, 0.3) is 0 Å². The molecule has 2 rings (SSSR count). The number of alkyl halides is 3. The van der Waals surface area contributed by atoms with Gasteiger partial charge in [0.2, 0.25) is 0 Å². The number of morpholine rings is 1. The first-order valence-electron chi connectivity index (χ1n) is 6.06. The monoisotopic (exact) mass is 399 g/mol. The van der Waals surface area contributed by atoms with Crippen LogP contribution in [0.1, 0.15) is 22.8 Å². The van der Waals surface area contributed by atoms with E-state index >= 15 is 0 Å². The molecule has 0 unspecified atom stereocenters. The highest BCUT2D eigenvalue weighted by molar-refractivity contribution is 14.1. The van der Waals surface area contributed by atoms with Crippen LogP contribution < -0.4 is 0 Å². The van der Waals surface area contributed by atoms with E-state index in [0.717, 1.165) is 6.07 Å². The number of benzene rings is 1. The fourth-order valence-corrected chi connectivity index (χ4v) is 2.88. The number of amides is 1. The van der Waals surface area contributed by atoms with Gasteiger partial charge in [-0.3, -0.25) is 4.79 Å². The fourth-order valence-electron chi connectivity index (χ4n) is 2.06. The van der Waals surface area contributed by atoms with Crippen molar-refractivity contribution in [1.29, 1.82) is 0 Å². The van der Waals surface area contributed by atoms with E-state index in [1.165, 1.54) is 12.1 Å². The predicted molar refractivity (Wildman–Crippen MR) is 75.5 cm³/mol. The molecule has 1 aromatic rings. The molecule has 1 heterocycles. The first kappa shape index (κ1) is 15.6. The summed E-state index contributed by atoms with van der Waals surface area (Å²) in [6, 6.07) is 3.47. The zero-order valence-corrected chi connectivity index (χ0v) is 12.9. The number of nitrogens with zero attached hydrogens (tertiary/aromatic N) is 1. The number of carbonyl (C=O) groups excluding carboxylic acids is 1. The molecular weight excluding hydrogens is 386 g/mol. The Bertz CT molecular complexity index is 519. The molecule has 1 atom stereocenters. The molecule has 0 N–H and O–H groups in total. The third kappa shape index (κ3) is 3.43. The molecule has 0 saturated carbocycles. The lowest BCUT2D eigenvalue weighted by atomic mass is 10.1. The van der Waals surface area contributed by atoms with Crippen molar-refractivity contribution in [3.05, 3.63) is 32.9 Å². The molecule has 0 radical (unpaired) electrons. The van der Waals surface area contributed by atoms with Crippen molar-refractivity contribution in [1.82, 2.24) is 4.90 Å². The molecule has 0 aliphatic carbocycles. The van der Waals surface area contributed by atoms with Crippen LogP contribution in [0.4, 0.5) is 13.2 Å². The largest absolute Gasteiger partial charge is 0.417 e. The topological polar surface area (TPSA) is 29.5 Å². The lowest BCUT2D eigenvalue weighted by Crippen LogP contribution is -2.44. The van der Waals surface area contributed by atoms with Crippen LogP contribution in [0.15, 0.2) is 18.2 Å². The van der Waals surface area contributed by atoms with Gasteiger partial charge < -0.3 is 9.64 Å². The molecule has 110 valence electrons. The van der Waals surface area contributed by atoms with Gasteiger partial charge in [0.1, 0.15) is 0 Å². The fraction of sp³-hybridized carbons (Fsp3) is 0.462. The van der Waals surface area contributed by atoms with Crippen LogP contribution >= 0.6 is 22.6 Å². The molecule has 1 aromatic carbocycles. The average Bonchev–Trinajstić information content (AvgIpc) is 2.36. The van der Waals surface area contributed by atoms with Crippen LogP contribution in [0.3, 0.4) is 0 Å². The summed E-state index contributed by atoms with van der Waals surface area (Å²) in [6.45, 7) is 3.22. The first-order chi connectivity index (χ1) is 9.29. The highest BCUT2D eigenvalue weighted by atomic mass is 127. The van der Waals surface area contributed by atoms with Crippen molar-refractivity contribution in [3.63, 3.8) is 0 Å². The smallest absolute Gasteiger partial charge is 0.375 e. The molecule has 1 aliphatic heterocycles. The summed E-state index contributed by atoms with van der Waals surface area (Å²) in [5, 5.41) is 0. The first-order valence-corrected chi connectivity index (χ1v) is 7.14. The summed E-state index contributed by atoms with van der Waals surface area (Å²) in [7, 11) is 0. The molecule has 0 spiro atoms. The van der Waals surface area contributed by atoms with Crippen LogP contribution in [-0.2, 0) is 10.9 Å². The summed E-state index contributed by atoms with van der Waals surface area (Å²) in [4.78, 5) is 13.8. The number of rotatable bonds is 1. The minimum atomic E-state index is -4.40. The molecule has 20 heavy (non-hydrogen) atoms. The zero-order chi connectivity index (χ0) is 14.9. The molecule has 1 fully saturated rings. The van der Waals surface area contributed by atoms with Crippen molar-refractivity contribution in [2.75, 3.05) is 19.7 Å². The van der Waals surface area contributed by atoms with Gasteiger partial charge in [-0.15, -0.1) is 0 Å². The quantitative estimate of drug-likeness (QED) is 0.680. The second-order valence-electron chi connectivity index (χ2n) is 4.62. The van der Waals surface area contributed by atoms with Crippen molar-refractivity contribution < 1.29 is 22.7 Å². The molecule has 1 aliphatic rings. The van der Waals surface area contributed by atoms with Gasteiger partial charge in [-0.05, 0) is 47.7 Å². The molecular formula is C13H13F3INO2. The van der Waals surface area contributed by atoms with Crippen molar-refractivity contribution in [2.24, 2.45) is 0 Å². The number of hydrogen-bond acceptors (Lipinski definition) is 2. The summed E-state index contributed by atoms with van der Waals surface area (Å²) < 4.78 is 43.4. The Balaban J connectivity index is 2.21. The van der Waals surface area contributed by atoms with E-state index in [1.807, 2.05) is 6.92 Å². The molecule has 0 bridgehead atoms. The molecule has 3 nitrogen and oxygen atoms in total. The van der Waals surface area contributed by atoms with E-state index in [1.54, 1.807) is 27.5 Å². The van der Waals surface area contributed by atoms with Crippen molar-refractivity contribution >= 4 is 28.5 Å². The highest BCUT2D eigenvalue weighted by Crippen LogP contribution is 2.33. The maximum Gasteiger partial charge on any atom is 0.417 e. The Kier molecular flexibility index (Phi) is 4.58. The average molecular weight is 399 g/mol. The van der Waals surface area contributed by atoms with Crippen LogP contribution in [0.2, 0.25) is 0 Å². The molecule has 0 aromatic heterocycles. The van der Waals surface area contributed by atoms with Gasteiger partial charge in [-0.1, -0.05) is 0 Å². The second kappa shape index (κ2) is 5.88. The van der Waals surface area contributed by atoms with E-state index in [9.17, 15) is 18.0 Å². The van der Waals surface area contributed by atoms with E-state index in [2.05, 4.69) is 0 Å². The van der Waals surface area contributed by atoms with E-state index in [0.29, 0.717) is 19.7 Å². The van der Waals surface area contributed by atoms with Gasteiger partial charge in [-0.25, -0.2) is 0 Å². The standard InChI is InChI=1S/C13H13F3INO2/c1-8-7-18(4-5-20-8)12(19)9-2-3-10(11(17)6-9)13(14,15)16/h2-3,6,8H,4-5,7H2,1H3/t8-/m0/s1. The molecule has 1 saturated heterocycles. The van der Waals surface area contributed by atoms with Crippen molar-refractivity contribution in [2.45, 2.75) is 19.2 Å². The van der Waals surface area contributed by atoms with E-state index in [4.69, 9.17) is 4.74 Å². The van der Waals surface area contributed by atoms with Gasteiger partial charge in [0.25, 0.3) is 5.91 Å². The summed E-state index contributed by atoms with van der Waals surface area (Å²) in [5.74, 6) is -0.258. The van der Waals surface area contributed by atoms with E-state index in [-0.39, 0.29) is 21.1 Å². The van der Waals surface area contributed by atoms with Gasteiger partial charge in [0, 0.05) is 22.2 Å². The molecule has 1 amide bonds. The number of halogens is 4. The maximum atomic E-state index is 12.7. The zero-order valence-electron chi connectivity index (χ0n) is 10.7.